The second-order valence-corrected chi connectivity index (χ2v) is 6.33. The number of hydrogen-bond donors (Lipinski definition) is 0. The largest absolute Gasteiger partial charge is 0.467 e. The van der Waals surface area contributed by atoms with Crippen molar-refractivity contribution in [1.82, 2.24) is 4.98 Å². The van der Waals surface area contributed by atoms with Crippen molar-refractivity contribution in [2.75, 3.05) is 4.90 Å². The zero-order valence-corrected chi connectivity index (χ0v) is 15.0. The smallest absolute Gasteiger partial charge is 0.233 e. The minimum atomic E-state index is -0.321. The van der Waals surface area contributed by atoms with E-state index in [1.54, 1.807) is 53.8 Å². The van der Waals surface area contributed by atoms with Crippen LogP contribution in [-0.4, -0.2) is 10.9 Å². The first-order valence-corrected chi connectivity index (χ1v) is 8.53. The van der Waals surface area contributed by atoms with E-state index in [-0.39, 0.29) is 18.4 Å². The van der Waals surface area contributed by atoms with Crippen LogP contribution in [-0.2, 0) is 11.2 Å². The molecule has 1 amide bonds. The van der Waals surface area contributed by atoms with Crippen LogP contribution < -0.4 is 4.90 Å². The number of nitrogens with zero attached hydrogens (tertiary/aromatic N) is 2. The fraction of sp³-hybridized carbons (Fsp3) is 0.158. The topological polar surface area (TPSA) is 46.3 Å². The molecule has 4 nitrogen and oxygen atoms in total. The van der Waals surface area contributed by atoms with Crippen molar-refractivity contribution < 1.29 is 9.21 Å². The molecule has 0 aliphatic heterocycles. The molecule has 0 aliphatic carbocycles. The molecule has 3 aromatic rings. The minimum Gasteiger partial charge on any atom is -0.467 e. The van der Waals surface area contributed by atoms with Gasteiger partial charge in [0, 0.05) is 16.2 Å². The summed E-state index contributed by atoms with van der Waals surface area (Å²) in [6, 6.07) is 13.9. The van der Waals surface area contributed by atoms with E-state index in [1.807, 2.05) is 19.1 Å². The number of anilines is 1. The maximum Gasteiger partial charge on any atom is 0.233 e. The minimum absolute atomic E-state index is 0.0696. The Kier molecular flexibility index (Phi) is 5.41. The van der Waals surface area contributed by atoms with Gasteiger partial charge in [-0.05, 0) is 48.9 Å². The van der Waals surface area contributed by atoms with Crippen LogP contribution in [0.3, 0.4) is 0 Å². The Morgan fingerprint density at radius 1 is 1.12 bits per heavy atom. The van der Waals surface area contributed by atoms with Gasteiger partial charge >= 0.3 is 0 Å². The van der Waals surface area contributed by atoms with E-state index < -0.39 is 0 Å². The fourth-order valence-corrected chi connectivity index (χ4v) is 3.16. The lowest BCUT2D eigenvalue weighted by atomic mass is 10.1. The van der Waals surface area contributed by atoms with Crippen LogP contribution in [0.4, 0.5) is 5.82 Å². The molecule has 3 rings (SSSR count). The van der Waals surface area contributed by atoms with E-state index in [9.17, 15) is 4.79 Å². The standard InChI is InChI=1S/C19H16Cl2N2O2/c1-13(17-8-5-11-25-17)23(18-9-2-3-10-22-18)19(24)12-14-15(20)6-4-7-16(14)21/h2-11,13H,12H2,1H3. The zero-order chi connectivity index (χ0) is 17.8. The SMILES string of the molecule is CC(c1ccco1)N(C(=O)Cc1c(Cl)cccc1Cl)c1ccccn1. The summed E-state index contributed by atoms with van der Waals surface area (Å²) in [5, 5.41) is 0.931. The van der Waals surface area contributed by atoms with E-state index in [0.29, 0.717) is 27.2 Å². The van der Waals surface area contributed by atoms with Crippen molar-refractivity contribution in [3.63, 3.8) is 0 Å². The maximum atomic E-state index is 13.1. The first-order chi connectivity index (χ1) is 12.1. The number of amides is 1. The van der Waals surface area contributed by atoms with Crippen LogP contribution in [0.1, 0.15) is 24.3 Å². The van der Waals surface area contributed by atoms with Crippen molar-refractivity contribution in [3.05, 3.63) is 82.4 Å². The van der Waals surface area contributed by atoms with Crippen LogP contribution in [0, 0.1) is 0 Å². The Hall–Kier alpha value is -2.30. The summed E-state index contributed by atoms with van der Waals surface area (Å²) in [7, 11) is 0. The Morgan fingerprint density at radius 3 is 2.48 bits per heavy atom. The fourth-order valence-electron chi connectivity index (χ4n) is 2.63. The van der Waals surface area contributed by atoms with Crippen LogP contribution >= 0.6 is 23.2 Å². The van der Waals surface area contributed by atoms with Crippen molar-refractivity contribution in [3.8, 4) is 0 Å². The summed E-state index contributed by atoms with van der Waals surface area (Å²) < 4.78 is 5.47. The number of aromatic nitrogens is 1. The molecule has 0 saturated heterocycles. The van der Waals surface area contributed by atoms with Gasteiger partial charge in [0.2, 0.25) is 5.91 Å². The van der Waals surface area contributed by atoms with Crippen molar-refractivity contribution in [1.29, 1.82) is 0 Å². The first-order valence-electron chi connectivity index (χ1n) is 7.77. The third kappa shape index (κ3) is 3.86. The number of carbonyl (C=O) groups is 1. The number of halogens is 2. The van der Waals surface area contributed by atoms with E-state index in [0.717, 1.165) is 0 Å². The Balaban J connectivity index is 1.95. The van der Waals surface area contributed by atoms with E-state index in [4.69, 9.17) is 27.6 Å². The summed E-state index contributed by atoms with van der Waals surface area (Å²) in [5.41, 5.74) is 0.600. The highest BCUT2D eigenvalue weighted by Gasteiger charge is 2.27. The molecule has 1 unspecified atom stereocenters. The molecule has 0 bridgehead atoms. The van der Waals surface area contributed by atoms with Gasteiger partial charge in [-0.3, -0.25) is 9.69 Å². The summed E-state index contributed by atoms with van der Waals surface area (Å²) >= 11 is 12.4. The van der Waals surface area contributed by atoms with E-state index in [2.05, 4.69) is 4.98 Å². The van der Waals surface area contributed by atoms with Crippen LogP contribution in [0.2, 0.25) is 10.0 Å². The van der Waals surface area contributed by atoms with E-state index >= 15 is 0 Å². The number of furan rings is 1. The van der Waals surface area contributed by atoms with Crippen molar-refractivity contribution >= 4 is 34.9 Å². The monoisotopic (exact) mass is 374 g/mol. The van der Waals surface area contributed by atoms with Crippen LogP contribution in [0.15, 0.2) is 65.4 Å². The molecule has 0 radical (unpaired) electrons. The number of benzene rings is 1. The van der Waals surface area contributed by atoms with Gasteiger partial charge in [0.1, 0.15) is 11.6 Å². The second kappa shape index (κ2) is 7.72. The maximum absolute atomic E-state index is 13.1. The molecule has 0 fully saturated rings. The Morgan fingerprint density at radius 2 is 1.88 bits per heavy atom. The lowest BCUT2D eigenvalue weighted by Crippen LogP contribution is -2.35. The molecular formula is C19H16Cl2N2O2. The van der Waals surface area contributed by atoms with Crippen LogP contribution in [0.25, 0.3) is 0 Å². The second-order valence-electron chi connectivity index (χ2n) is 5.52. The van der Waals surface area contributed by atoms with Gasteiger partial charge in [-0.2, -0.15) is 0 Å². The summed E-state index contributed by atoms with van der Waals surface area (Å²) in [5.74, 6) is 1.04. The highest BCUT2D eigenvalue weighted by atomic mass is 35.5. The highest BCUT2D eigenvalue weighted by Crippen LogP contribution is 2.29. The average molecular weight is 375 g/mol. The molecule has 0 aliphatic rings. The number of hydrogen-bond acceptors (Lipinski definition) is 3. The Labute approximate surface area is 156 Å². The molecule has 128 valence electrons. The average Bonchev–Trinajstić information content (AvgIpc) is 3.14. The zero-order valence-electron chi connectivity index (χ0n) is 13.5. The van der Waals surface area contributed by atoms with Gasteiger partial charge in [-0.1, -0.05) is 35.3 Å². The molecule has 1 aromatic carbocycles. The highest BCUT2D eigenvalue weighted by molar-refractivity contribution is 6.36. The third-order valence-corrected chi connectivity index (χ3v) is 4.60. The molecule has 6 heteroatoms. The molecule has 0 saturated carbocycles. The summed E-state index contributed by atoms with van der Waals surface area (Å²) in [6.07, 6.45) is 3.30. The summed E-state index contributed by atoms with van der Waals surface area (Å²) in [4.78, 5) is 19.0. The molecular weight excluding hydrogens is 359 g/mol. The molecule has 0 spiro atoms. The molecule has 2 heterocycles. The molecule has 2 aromatic heterocycles. The first kappa shape index (κ1) is 17.5. The number of carbonyl (C=O) groups excluding carboxylic acids is 1. The van der Waals surface area contributed by atoms with Crippen molar-refractivity contribution in [2.24, 2.45) is 0 Å². The van der Waals surface area contributed by atoms with Gasteiger partial charge in [0.25, 0.3) is 0 Å². The molecule has 1 atom stereocenters. The predicted octanol–water partition coefficient (Wildman–Crippen LogP) is 5.32. The predicted molar refractivity (Wildman–Crippen MR) is 99.0 cm³/mol. The Bertz CT molecular complexity index is 831. The van der Waals surface area contributed by atoms with Crippen LogP contribution in [0.5, 0.6) is 0 Å². The van der Waals surface area contributed by atoms with Gasteiger partial charge in [0.05, 0.1) is 18.7 Å². The van der Waals surface area contributed by atoms with Gasteiger partial charge < -0.3 is 4.42 Å². The lowest BCUT2D eigenvalue weighted by molar-refractivity contribution is -0.118. The lowest BCUT2D eigenvalue weighted by Gasteiger charge is -2.27. The number of pyridine rings is 1. The summed E-state index contributed by atoms with van der Waals surface area (Å²) in [6.45, 7) is 1.89. The quantitative estimate of drug-likeness (QED) is 0.607. The molecule has 0 N–H and O–H groups in total. The number of rotatable bonds is 5. The molecule has 25 heavy (non-hydrogen) atoms. The van der Waals surface area contributed by atoms with Gasteiger partial charge in [-0.15, -0.1) is 0 Å². The third-order valence-electron chi connectivity index (χ3n) is 3.90. The normalized spacial score (nSPS) is 12.0. The van der Waals surface area contributed by atoms with E-state index in [1.165, 1.54) is 0 Å². The van der Waals surface area contributed by atoms with Gasteiger partial charge in [-0.25, -0.2) is 4.98 Å². The van der Waals surface area contributed by atoms with Gasteiger partial charge in [0.15, 0.2) is 0 Å². The van der Waals surface area contributed by atoms with Crippen molar-refractivity contribution in [2.45, 2.75) is 19.4 Å².